The van der Waals surface area contributed by atoms with Crippen LogP contribution in [0.3, 0.4) is 0 Å². The maximum atomic E-state index is 13.3. The predicted molar refractivity (Wildman–Crippen MR) is 125 cm³/mol. The monoisotopic (exact) mass is 451 g/mol. The van der Waals surface area contributed by atoms with Crippen LogP contribution in [0.25, 0.3) is 22.4 Å². The molecule has 31 heavy (non-hydrogen) atoms. The summed E-state index contributed by atoms with van der Waals surface area (Å²) in [5.41, 5.74) is 2.48. The normalized spacial score (nSPS) is 14.5. The lowest BCUT2D eigenvalue weighted by Crippen LogP contribution is -2.26. The number of para-hydroxylation sites is 1. The molecule has 0 N–H and O–H groups in total. The van der Waals surface area contributed by atoms with Gasteiger partial charge < -0.3 is 4.42 Å². The summed E-state index contributed by atoms with van der Waals surface area (Å²) in [6.45, 7) is 1.91. The summed E-state index contributed by atoms with van der Waals surface area (Å²) in [6.07, 6.45) is 4.35. The lowest BCUT2D eigenvalue weighted by Gasteiger charge is -2.18. The van der Waals surface area contributed by atoms with Crippen molar-refractivity contribution in [2.45, 2.75) is 49.6 Å². The Hall–Kier alpha value is -2.57. The van der Waals surface area contributed by atoms with E-state index in [9.17, 15) is 4.79 Å². The first-order chi connectivity index (χ1) is 15.1. The first kappa shape index (κ1) is 20.3. The summed E-state index contributed by atoms with van der Waals surface area (Å²) >= 11 is 7.66. The highest BCUT2D eigenvalue weighted by Crippen LogP contribution is 2.34. The van der Waals surface area contributed by atoms with Crippen molar-refractivity contribution in [2.75, 3.05) is 0 Å². The van der Waals surface area contributed by atoms with E-state index in [0.29, 0.717) is 22.1 Å². The van der Waals surface area contributed by atoms with E-state index in [0.717, 1.165) is 53.4 Å². The van der Waals surface area contributed by atoms with E-state index in [-0.39, 0.29) is 11.6 Å². The Labute approximate surface area is 189 Å². The van der Waals surface area contributed by atoms with Crippen molar-refractivity contribution in [1.29, 1.82) is 0 Å². The molecule has 2 heterocycles. The molecule has 0 amide bonds. The summed E-state index contributed by atoms with van der Waals surface area (Å²) in [5, 5.41) is 2.08. The minimum absolute atomic E-state index is 0.0523. The molecular weight excluding hydrogens is 430 g/mol. The van der Waals surface area contributed by atoms with Crippen LogP contribution in [0.2, 0.25) is 5.02 Å². The molecule has 7 heteroatoms. The highest BCUT2D eigenvalue weighted by Gasteiger charge is 2.23. The molecule has 0 bridgehead atoms. The average molecular weight is 452 g/mol. The number of benzene rings is 2. The van der Waals surface area contributed by atoms with Crippen molar-refractivity contribution in [2.24, 2.45) is 0 Å². The first-order valence-corrected chi connectivity index (χ1v) is 11.8. The lowest BCUT2D eigenvalue weighted by atomic mass is 10.2. The molecule has 4 aromatic rings. The standard InChI is InChI=1S/C24H22ClN3O2S/c1-15-21(26-22(30-15)16-7-6-8-17(25)13-16)14-31-24-27-20-12-5-4-11-19(20)23(29)28(24)18-9-2-3-10-18/h4-8,11-13,18H,2-3,9-10,14H2,1H3. The zero-order chi connectivity index (χ0) is 21.4. The minimum atomic E-state index is 0.0523. The van der Waals surface area contributed by atoms with Crippen LogP contribution in [-0.2, 0) is 5.75 Å². The first-order valence-electron chi connectivity index (χ1n) is 10.5. The summed E-state index contributed by atoms with van der Waals surface area (Å²) in [4.78, 5) is 22.8. The molecule has 1 fully saturated rings. The zero-order valence-electron chi connectivity index (χ0n) is 17.2. The molecule has 158 valence electrons. The fourth-order valence-electron chi connectivity index (χ4n) is 4.15. The summed E-state index contributed by atoms with van der Waals surface area (Å²) in [7, 11) is 0. The molecule has 5 nitrogen and oxygen atoms in total. The molecule has 0 unspecified atom stereocenters. The van der Waals surface area contributed by atoms with E-state index in [2.05, 4.69) is 4.98 Å². The van der Waals surface area contributed by atoms with Gasteiger partial charge in [0.05, 0.1) is 16.6 Å². The molecule has 0 saturated heterocycles. The maximum absolute atomic E-state index is 13.3. The lowest BCUT2D eigenvalue weighted by molar-refractivity contribution is 0.457. The highest BCUT2D eigenvalue weighted by atomic mass is 35.5. The molecule has 0 aliphatic heterocycles. The van der Waals surface area contributed by atoms with Crippen LogP contribution in [-0.4, -0.2) is 14.5 Å². The molecule has 0 atom stereocenters. The number of aromatic nitrogens is 3. The van der Waals surface area contributed by atoms with Crippen LogP contribution in [0.4, 0.5) is 0 Å². The van der Waals surface area contributed by atoms with Gasteiger partial charge in [-0.3, -0.25) is 9.36 Å². The third-order valence-corrected chi connectivity index (χ3v) is 6.97. The van der Waals surface area contributed by atoms with Gasteiger partial charge in [-0.05, 0) is 50.1 Å². The second kappa shape index (κ2) is 8.52. The molecule has 1 aliphatic rings. The second-order valence-electron chi connectivity index (χ2n) is 7.85. The summed E-state index contributed by atoms with van der Waals surface area (Å²) < 4.78 is 7.81. The molecule has 1 saturated carbocycles. The summed E-state index contributed by atoms with van der Waals surface area (Å²) in [6, 6.07) is 15.3. The van der Waals surface area contributed by atoms with Gasteiger partial charge in [-0.15, -0.1) is 0 Å². The van der Waals surface area contributed by atoms with Gasteiger partial charge in [-0.2, -0.15) is 0 Å². The number of halogens is 1. The Bertz CT molecular complexity index is 1310. The van der Waals surface area contributed by atoms with E-state index in [1.165, 1.54) is 0 Å². The molecule has 0 radical (unpaired) electrons. The van der Waals surface area contributed by atoms with Gasteiger partial charge in [-0.1, -0.05) is 54.4 Å². The number of nitrogens with zero attached hydrogens (tertiary/aromatic N) is 3. The number of hydrogen-bond acceptors (Lipinski definition) is 5. The second-order valence-corrected chi connectivity index (χ2v) is 9.22. The molecular formula is C24H22ClN3O2S. The zero-order valence-corrected chi connectivity index (χ0v) is 18.7. The fourth-order valence-corrected chi connectivity index (χ4v) is 5.41. The van der Waals surface area contributed by atoms with Gasteiger partial charge in [0, 0.05) is 22.4 Å². The van der Waals surface area contributed by atoms with Crippen LogP contribution in [0.5, 0.6) is 0 Å². The van der Waals surface area contributed by atoms with Crippen molar-refractivity contribution < 1.29 is 4.42 Å². The van der Waals surface area contributed by atoms with Gasteiger partial charge in [0.2, 0.25) is 5.89 Å². The van der Waals surface area contributed by atoms with Gasteiger partial charge in [-0.25, -0.2) is 9.97 Å². The summed E-state index contributed by atoms with van der Waals surface area (Å²) in [5.74, 6) is 1.89. The Kier molecular flexibility index (Phi) is 5.59. The highest BCUT2D eigenvalue weighted by molar-refractivity contribution is 7.98. The largest absolute Gasteiger partial charge is 0.441 e. The van der Waals surface area contributed by atoms with Crippen molar-refractivity contribution >= 4 is 34.3 Å². The third kappa shape index (κ3) is 4.02. The van der Waals surface area contributed by atoms with Crippen molar-refractivity contribution in [1.82, 2.24) is 14.5 Å². The molecule has 2 aromatic carbocycles. The minimum Gasteiger partial charge on any atom is -0.441 e. The van der Waals surface area contributed by atoms with Gasteiger partial charge in [0.15, 0.2) is 5.16 Å². The molecule has 0 spiro atoms. The maximum Gasteiger partial charge on any atom is 0.262 e. The van der Waals surface area contributed by atoms with Gasteiger partial charge >= 0.3 is 0 Å². The van der Waals surface area contributed by atoms with E-state index >= 15 is 0 Å². The number of aryl methyl sites for hydroxylation is 1. The van der Waals surface area contributed by atoms with E-state index in [4.69, 9.17) is 21.0 Å². The Morgan fingerprint density at radius 1 is 1.13 bits per heavy atom. The Morgan fingerprint density at radius 2 is 1.94 bits per heavy atom. The topological polar surface area (TPSA) is 60.9 Å². The van der Waals surface area contributed by atoms with Gasteiger partial charge in [0.1, 0.15) is 5.76 Å². The predicted octanol–water partition coefficient (Wildman–Crippen LogP) is 6.42. The number of hydrogen-bond donors (Lipinski definition) is 0. The van der Waals surface area contributed by atoms with Crippen LogP contribution >= 0.6 is 23.4 Å². The van der Waals surface area contributed by atoms with Crippen molar-refractivity contribution in [3.05, 3.63) is 75.4 Å². The number of thioether (sulfide) groups is 1. The smallest absolute Gasteiger partial charge is 0.262 e. The molecule has 2 aromatic heterocycles. The Morgan fingerprint density at radius 3 is 2.74 bits per heavy atom. The van der Waals surface area contributed by atoms with Crippen LogP contribution < -0.4 is 5.56 Å². The van der Waals surface area contributed by atoms with Gasteiger partial charge in [0.25, 0.3) is 5.56 Å². The number of fused-ring (bicyclic) bond motifs is 1. The SMILES string of the molecule is Cc1oc(-c2cccc(Cl)c2)nc1CSc1nc2ccccc2c(=O)n1C1CCCC1. The van der Waals surface area contributed by atoms with E-state index < -0.39 is 0 Å². The number of rotatable bonds is 5. The van der Waals surface area contributed by atoms with Crippen LogP contribution in [0.1, 0.15) is 43.2 Å². The van der Waals surface area contributed by atoms with E-state index in [1.54, 1.807) is 11.8 Å². The van der Waals surface area contributed by atoms with Crippen LogP contribution in [0.15, 0.2) is 62.9 Å². The average Bonchev–Trinajstić information content (AvgIpc) is 3.42. The molecule has 1 aliphatic carbocycles. The van der Waals surface area contributed by atoms with Crippen molar-refractivity contribution in [3.63, 3.8) is 0 Å². The Balaban J connectivity index is 1.48. The number of oxazole rings is 1. The van der Waals surface area contributed by atoms with Crippen LogP contribution in [0, 0.1) is 6.92 Å². The third-order valence-electron chi connectivity index (χ3n) is 5.77. The fraction of sp³-hybridized carbons (Fsp3) is 0.292. The van der Waals surface area contributed by atoms with E-state index in [1.807, 2.05) is 60.0 Å². The molecule has 5 rings (SSSR count). The van der Waals surface area contributed by atoms with Crippen molar-refractivity contribution in [3.8, 4) is 11.5 Å². The quantitative estimate of drug-likeness (QED) is 0.259.